The normalized spacial score (nSPS) is 15.4. The summed E-state index contributed by atoms with van der Waals surface area (Å²) in [4.78, 5) is 36.6. The number of amides is 2. The second-order valence-electron chi connectivity index (χ2n) is 9.13. The number of nitrogens with zero attached hydrogens (tertiary/aromatic N) is 4. The molecule has 1 aromatic carbocycles. The molecule has 2 heterocycles. The van der Waals surface area contributed by atoms with Crippen LogP contribution in [0.25, 0.3) is 0 Å². The Labute approximate surface area is 227 Å². The average Bonchev–Trinajstić information content (AvgIpc) is 2.90. The van der Waals surface area contributed by atoms with Gasteiger partial charge in [0, 0.05) is 25.2 Å². The first kappa shape index (κ1) is 29.1. The van der Waals surface area contributed by atoms with E-state index in [9.17, 15) is 14.0 Å². The number of carbonyl (C=O) groups is 2. The van der Waals surface area contributed by atoms with Gasteiger partial charge in [0.2, 0.25) is 18.7 Å². The average molecular weight is 545 g/mol. The Morgan fingerprint density at radius 1 is 1.34 bits per heavy atom. The van der Waals surface area contributed by atoms with Gasteiger partial charge < -0.3 is 25.2 Å². The SMILES string of the molecule is C=CCCN(C(=NC1CCN(C)CC1)c1cc(Cl)c(Oc2cccc(F)c2)nc1NC=O)C(C)CNC=O. The van der Waals surface area contributed by atoms with Gasteiger partial charge in [0.05, 0.1) is 11.6 Å². The van der Waals surface area contributed by atoms with Gasteiger partial charge in [-0.1, -0.05) is 23.7 Å². The predicted octanol–water partition coefficient (Wildman–Crippen LogP) is 4.09. The molecule has 0 aliphatic carbocycles. The second-order valence-corrected chi connectivity index (χ2v) is 9.53. The Bertz CT molecular complexity index is 1140. The molecule has 0 radical (unpaired) electrons. The highest BCUT2D eigenvalue weighted by Crippen LogP contribution is 2.33. The minimum Gasteiger partial charge on any atom is -0.437 e. The summed E-state index contributed by atoms with van der Waals surface area (Å²) in [6, 6.07) is 7.15. The largest absolute Gasteiger partial charge is 0.437 e. The summed E-state index contributed by atoms with van der Waals surface area (Å²) in [6.07, 6.45) is 5.39. The third-order valence-corrected chi connectivity index (χ3v) is 6.53. The maximum atomic E-state index is 13.7. The quantitative estimate of drug-likeness (QED) is 0.171. The lowest BCUT2D eigenvalue weighted by Gasteiger charge is -2.35. The van der Waals surface area contributed by atoms with E-state index in [0.29, 0.717) is 43.7 Å². The van der Waals surface area contributed by atoms with Crippen LogP contribution in [-0.4, -0.2) is 78.7 Å². The Balaban J connectivity index is 2.11. The van der Waals surface area contributed by atoms with E-state index in [4.69, 9.17) is 21.3 Å². The van der Waals surface area contributed by atoms with Crippen LogP contribution in [0.1, 0.15) is 31.7 Å². The summed E-state index contributed by atoms with van der Waals surface area (Å²) < 4.78 is 19.4. The summed E-state index contributed by atoms with van der Waals surface area (Å²) in [6.45, 7) is 8.60. The maximum Gasteiger partial charge on any atom is 0.240 e. The fourth-order valence-electron chi connectivity index (χ4n) is 4.21. The molecule has 9 nitrogen and oxygen atoms in total. The van der Waals surface area contributed by atoms with E-state index in [0.717, 1.165) is 25.9 Å². The second kappa shape index (κ2) is 14.4. The first-order chi connectivity index (χ1) is 18.4. The van der Waals surface area contributed by atoms with Crippen LogP contribution >= 0.6 is 11.6 Å². The number of likely N-dealkylation sites (tertiary alicyclic amines) is 1. The minimum absolute atomic E-state index is 0.0114. The van der Waals surface area contributed by atoms with Crippen LogP contribution in [0.3, 0.4) is 0 Å². The van der Waals surface area contributed by atoms with Gasteiger partial charge in [-0.15, -0.1) is 6.58 Å². The van der Waals surface area contributed by atoms with Crippen LogP contribution in [0, 0.1) is 5.82 Å². The van der Waals surface area contributed by atoms with Crippen molar-refractivity contribution in [3.05, 3.63) is 59.4 Å². The van der Waals surface area contributed by atoms with Crippen molar-refractivity contribution in [1.82, 2.24) is 20.1 Å². The van der Waals surface area contributed by atoms with E-state index in [1.165, 1.54) is 18.2 Å². The Morgan fingerprint density at radius 2 is 2.11 bits per heavy atom. The number of hydrogen-bond donors (Lipinski definition) is 2. The number of anilines is 1. The molecule has 1 aliphatic heterocycles. The predicted molar refractivity (Wildman–Crippen MR) is 148 cm³/mol. The number of amidine groups is 1. The highest BCUT2D eigenvalue weighted by atomic mass is 35.5. The molecular weight excluding hydrogens is 511 g/mol. The number of halogens is 2. The Hall–Kier alpha value is -3.50. The van der Waals surface area contributed by atoms with Crippen molar-refractivity contribution in [2.24, 2.45) is 4.99 Å². The molecule has 1 unspecified atom stereocenters. The lowest BCUT2D eigenvalue weighted by molar-refractivity contribution is -0.109. The number of nitrogens with one attached hydrogen (secondary N) is 2. The van der Waals surface area contributed by atoms with Crippen LogP contribution in [0.4, 0.5) is 10.2 Å². The fraction of sp³-hybridized carbons (Fsp3) is 0.407. The first-order valence-electron chi connectivity index (χ1n) is 12.5. The molecule has 1 atom stereocenters. The van der Waals surface area contributed by atoms with Crippen molar-refractivity contribution >= 4 is 36.1 Å². The Kier molecular flexibility index (Phi) is 11.0. The number of aliphatic imine (C=N–C) groups is 1. The van der Waals surface area contributed by atoms with Gasteiger partial charge in [-0.05, 0) is 64.5 Å². The number of ether oxygens (including phenoxy) is 1. The molecule has 1 saturated heterocycles. The summed E-state index contributed by atoms with van der Waals surface area (Å²) in [5, 5.41) is 5.55. The maximum absolute atomic E-state index is 13.7. The number of pyridine rings is 1. The first-order valence-corrected chi connectivity index (χ1v) is 12.9. The number of hydrogen-bond acceptors (Lipinski definition) is 6. The molecule has 0 saturated carbocycles. The van der Waals surface area contributed by atoms with Gasteiger partial charge in [0.15, 0.2) is 0 Å². The highest BCUT2D eigenvalue weighted by molar-refractivity contribution is 6.32. The van der Waals surface area contributed by atoms with Gasteiger partial charge in [0.25, 0.3) is 0 Å². The molecule has 1 fully saturated rings. The molecule has 0 bridgehead atoms. The van der Waals surface area contributed by atoms with Crippen molar-refractivity contribution < 1.29 is 18.7 Å². The third kappa shape index (κ3) is 8.00. The van der Waals surface area contributed by atoms with Crippen molar-refractivity contribution in [2.45, 2.75) is 38.3 Å². The van der Waals surface area contributed by atoms with Crippen molar-refractivity contribution in [3.63, 3.8) is 0 Å². The summed E-state index contributed by atoms with van der Waals surface area (Å²) in [7, 11) is 2.08. The van der Waals surface area contributed by atoms with Crippen LogP contribution < -0.4 is 15.4 Å². The van der Waals surface area contributed by atoms with Crippen LogP contribution in [-0.2, 0) is 9.59 Å². The van der Waals surface area contributed by atoms with E-state index in [1.54, 1.807) is 12.1 Å². The van der Waals surface area contributed by atoms with Crippen LogP contribution in [0.2, 0.25) is 5.02 Å². The van der Waals surface area contributed by atoms with Crippen molar-refractivity contribution in [2.75, 3.05) is 38.5 Å². The summed E-state index contributed by atoms with van der Waals surface area (Å²) in [5.41, 5.74) is 0.509. The molecule has 0 spiro atoms. The van der Waals surface area contributed by atoms with Crippen LogP contribution in [0.15, 0.2) is 48.0 Å². The lowest BCUT2D eigenvalue weighted by Crippen LogP contribution is -2.46. The molecule has 2 aromatic rings. The molecule has 1 aliphatic rings. The topological polar surface area (TPSA) is 99.2 Å². The van der Waals surface area contributed by atoms with Gasteiger partial charge in [-0.25, -0.2) is 4.39 Å². The highest BCUT2D eigenvalue weighted by Gasteiger charge is 2.27. The van der Waals surface area contributed by atoms with Crippen molar-refractivity contribution in [3.8, 4) is 11.6 Å². The van der Waals surface area contributed by atoms with Gasteiger partial charge in [0.1, 0.15) is 28.2 Å². The molecule has 11 heteroatoms. The number of benzene rings is 1. The number of carbonyl (C=O) groups excluding carboxylic acids is 2. The van der Waals surface area contributed by atoms with Crippen molar-refractivity contribution in [1.29, 1.82) is 0 Å². The van der Waals surface area contributed by atoms with Crippen LogP contribution in [0.5, 0.6) is 11.6 Å². The molecule has 3 rings (SSSR count). The monoisotopic (exact) mass is 544 g/mol. The van der Waals surface area contributed by atoms with E-state index in [-0.39, 0.29) is 34.6 Å². The number of aromatic nitrogens is 1. The molecule has 1 aromatic heterocycles. The van der Waals surface area contributed by atoms with E-state index in [2.05, 4.69) is 39.0 Å². The fourth-order valence-corrected chi connectivity index (χ4v) is 4.40. The zero-order valence-electron chi connectivity index (χ0n) is 21.7. The van der Waals surface area contributed by atoms with Gasteiger partial charge in [-0.2, -0.15) is 4.98 Å². The number of piperidine rings is 1. The lowest BCUT2D eigenvalue weighted by atomic mass is 10.1. The smallest absolute Gasteiger partial charge is 0.240 e. The third-order valence-electron chi connectivity index (χ3n) is 6.26. The summed E-state index contributed by atoms with van der Waals surface area (Å²) in [5.74, 6) is 0.548. The molecule has 2 amide bonds. The van der Waals surface area contributed by atoms with E-state index in [1.807, 2.05) is 13.0 Å². The zero-order valence-corrected chi connectivity index (χ0v) is 22.5. The standard InChI is InChI=1S/C27H34ClFN6O3/c1-4-5-11-35(19(2)16-30-17-36)26(32-21-9-12-34(3)13-10-21)23-15-24(28)27(33-25(23)31-18-37)38-22-8-6-7-20(29)14-22/h4,6-8,14-15,17-19,21H,1,5,9-13,16H2,2-3H3,(H,30,36)(H,31,33,37). The van der Waals surface area contributed by atoms with Gasteiger partial charge in [-0.3, -0.25) is 14.6 Å². The molecule has 2 N–H and O–H groups in total. The van der Waals surface area contributed by atoms with Gasteiger partial charge >= 0.3 is 0 Å². The zero-order chi connectivity index (χ0) is 27.5. The number of rotatable bonds is 13. The minimum atomic E-state index is -0.468. The summed E-state index contributed by atoms with van der Waals surface area (Å²) >= 11 is 6.62. The Morgan fingerprint density at radius 3 is 2.76 bits per heavy atom. The molecular formula is C27H34ClFN6O3. The van der Waals surface area contributed by atoms with E-state index < -0.39 is 5.82 Å². The van der Waals surface area contributed by atoms with E-state index >= 15 is 0 Å². The molecule has 204 valence electrons. The molecule has 38 heavy (non-hydrogen) atoms.